The Morgan fingerprint density at radius 1 is 1.38 bits per heavy atom. The van der Waals surface area contributed by atoms with E-state index in [1.807, 2.05) is 37.3 Å². The lowest BCUT2D eigenvalue weighted by Gasteiger charge is -2.07. The highest BCUT2D eigenvalue weighted by Crippen LogP contribution is 2.14. The number of rotatable bonds is 2. The maximum atomic E-state index is 8.86. The van der Waals surface area contributed by atoms with E-state index in [4.69, 9.17) is 11.0 Å². The normalized spacial score (nSPS) is 12.1. The summed E-state index contributed by atoms with van der Waals surface area (Å²) >= 11 is 0. The third-order valence-electron chi connectivity index (χ3n) is 2.44. The first-order chi connectivity index (χ1) is 7.72. The zero-order chi connectivity index (χ0) is 11.5. The molecule has 0 spiro atoms. The molecule has 80 valence electrons. The van der Waals surface area contributed by atoms with Crippen molar-refractivity contribution < 1.29 is 0 Å². The highest BCUT2D eigenvalue weighted by Gasteiger charge is 2.04. The van der Waals surface area contributed by atoms with Gasteiger partial charge in [-0.3, -0.25) is 4.57 Å². The minimum atomic E-state index is 0.0206. The molecule has 4 heteroatoms. The first-order valence-electron chi connectivity index (χ1n) is 5.01. The first kappa shape index (κ1) is 10.4. The van der Waals surface area contributed by atoms with Crippen LogP contribution < -0.4 is 5.73 Å². The van der Waals surface area contributed by atoms with E-state index in [0.717, 1.165) is 11.3 Å². The highest BCUT2D eigenvalue weighted by atomic mass is 15.1. The topological polar surface area (TPSA) is 67.6 Å². The minimum absolute atomic E-state index is 0.0206. The van der Waals surface area contributed by atoms with Crippen LogP contribution in [0.1, 0.15) is 24.4 Å². The summed E-state index contributed by atoms with van der Waals surface area (Å²) in [5.41, 5.74) is 7.75. The van der Waals surface area contributed by atoms with Crippen LogP contribution in [0, 0.1) is 11.3 Å². The summed E-state index contributed by atoms with van der Waals surface area (Å²) in [4.78, 5) is 3.95. The molecule has 0 bridgehead atoms. The third kappa shape index (κ3) is 1.81. The van der Waals surface area contributed by atoms with Crippen molar-refractivity contribution in [2.75, 3.05) is 0 Å². The molecule has 2 aromatic rings. The second kappa shape index (κ2) is 4.17. The molecular weight excluding hydrogens is 200 g/mol. The standard InChI is InChI=1S/C12H12N4/c1-9(14)10-2-4-11(5-3-10)16-7-6-15-12(16)8-13/h2-7,9H,14H2,1H3. The fourth-order valence-electron chi connectivity index (χ4n) is 1.53. The van der Waals surface area contributed by atoms with Gasteiger partial charge in [-0.2, -0.15) is 5.26 Å². The average Bonchev–Trinajstić information content (AvgIpc) is 2.77. The molecule has 0 saturated heterocycles. The molecule has 0 aliphatic heterocycles. The number of imidazole rings is 1. The number of hydrogen-bond donors (Lipinski definition) is 1. The van der Waals surface area contributed by atoms with Crippen LogP contribution in [0.2, 0.25) is 0 Å². The van der Waals surface area contributed by atoms with Crippen LogP contribution in [0.25, 0.3) is 5.69 Å². The Hall–Kier alpha value is -2.12. The van der Waals surface area contributed by atoms with Gasteiger partial charge in [0.15, 0.2) is 0 Å². The molecule has 16 heavy (non-hydrogen) atoms. The van der Waals surface area contributed by atoms with Crippen molar-refractivity contribution in [1.82, 2.24) is 9.55 Å². The van der Waals surface area contributed by atoms with Gasteiger partial charge >= 0.3 is 0 Å². The summed E-state index contributed by atoms with van der Waals surface area (Å²) in [5, 5.41) is 8.86. The lowest BCUT2D eigenvalue weighted by atomic mass is 10.1. The van der Waals surface area contributed by atoms with Crippen LogP contribution in [-0.4, -0.2) is 9.55 Å². The first-order valence-corrected chi connectivity index (χ1v) is 5.01. The molecule has 0 aliphatic rings. The summed E-state index contributed by atoms with van der Waals surface area (Å²) < 4.78 is 1.74. The average molecular weight is 212 g/mol. The van der Waals surface area contributed by atoms with Crippen LogP contribution in [-0.2, 0) is 0 Å². The predicted octanol–water partition coefficient (Wildman–Crippen LogP) is 1.76. The van der Waals surface area contributed by atoms with Gasteiger partial charge in [0, 0.05) is 24.1 Å². The second-order valence-electron chi connectivity index (χ2n) is 3.61. The largest absolute Gasteiger partial charge is 0.324 e. The number of aromatic nitrogens is 2. The van der Waals surface area contributed by atoms with Gasteiger partial charge in [-0.05, 0) is 24.6 Å². The van der Waals surface area contributed by atoms with E-state index in [2.05, 4.69) is 4.98 Å². The fourth-order valence-corrected chi connectivity index (χ4v) is 1.53. The van der Waals surface area contributed by atoms with Gasteiger partial charge in [0.25, 0.3) is 0 Å². The van der Waals surface area contributed by atoms with Crippen LogP contribution in [0.4, 0.5) is 0 Å². The Kier molecular flexibility index (Phi) is 2.71. The predicted molar refractivity (Wildman–Crippen MR) is 60.9 cm³/mol. The van der Waals surface area contributed by atoms with Crippen LogP contribution in [0.15, 0.2) is 36.7 Å². The molecule has 4 nitrogen and oxygen atoms in total. The summed E-state index contributed by atoms with van der Waals surface area (Å²) in [6.07, 6.45) is 3.37. The summed E-state index contributed by atoms with van der Waals surface area (Å²) in [7, 11) is 0. The van der Waals surface area contributed by atoms with Crippen molar-refractivity contribution in [2.45, 2.75) is 13.0 Å². The maximum Gasteiger partial charge on any atom is 0.217 e. The molecule has 1 aromatic carbocycles. The third-order valence-corrected chi connectivity index (χ3v) is 2.44. The van der Waals surface area contributed by atoms with Gasteiger partial charge < -0.3 is 5.73 Å². The quantitative estimate of drug-likeness (QED) is 0.824. The van der Waals surface area contributed by atoms with Crippen molar-refractivity contribution in [3.63, 3.8) is 0 Å². The maximum absolute atomic E-state index is 8.86. The van der Waals surface area contributed by atoms with E-state index in [0.29, 0.717) is 5.82 Å². The minimum Gasteiger partial charge on any atom is -0.324 e. The van der Waals surface area contributed by atoms with Gasteiger partial charge in [0.2, 0.25) is 5.82 Å². The van der Waals surface area contributed by atoms with E-state index in [1.165, 1.54) is 0 Å². The lowest BCUT2D eigenvalue weighted by Crippen LogP contribution is -2.05. The molecule has 0 aliphatic carbocycles. The van der Waals surface area contributed by atoms with E-state index in [-0.39, 0.29) is 6.04 Å². The molecule has 1 atom stereocenters. The van der Waals surface area contributed by atoms with Crippen molar-refractivity contribution in [3.8, 4) is 11.8 Å². The number of benzene rings is 1. The SMILES string of the molecule is CC(N)c1ccc(-n2ccnc2C#N)cc1. The molecule has 0 saturated carbocycles. The smallest absolute Gasteiger partial charge is 0.217 e. The molecule has 2 N–H and O–H groups in total. The Morgan fingerprint density at radius 3 is 2.62 bits per heavy atom. The van der Waals surface area contributed by atoms with Crippen molar-refractivity contribution in [3.05, 3.63) is 48.0 Å². The molecule has 1 aromatic heterocycles. The van der Waals surface area contributed by atoms with Crippen molar-refractivity contribution in [2.24, 2.45) is 5.73 Å². The monoisotopic (exact) mass is 212 g/mol. The van der Waals surface area contributed by atoms with Gasteiger partial charge in [0.1, 0.15) is 6.07 Å². The van der Waals surface area contributed by atoms with Gasteiger partial charge in [-0.15, -0.1) is 0 Å². The fraction of sp³-hybridized carbons (Fsp3) is 0.167. The van der Waals surface area contributed by atoms with Crippen LogP contribution in [0.3, 0.4) is 0 Å². The van der Waals surface area contributed by atoms with Crippen molar-refractivity contribution in [1.29, 1.82) is 5.26 Å². The van der Waals surface area contributed by atoms with E-state index in [9.17, 15) is 0 Å². The lowest BCUT2D eigenvalue weighted by molar-refractivity contribution is 0.817. The van der Waals surface area contributed by atoms with Gasteiger partial charge in [0.05, 0.1) is 0 Å². The molecule has 2 rings (SSSR count). The number of hydrogen-bond acceptors (Lipinski definition) is 3. The Bertz CT molecular complexity index is 517. The zero-order valence-electron chi connectivity index (χ0n) is 8.96. The molecule has 1 heterocycles. The summed E-state index contributed by atoms with van der Waals surface area (Å²) in [6, 6.07) is 9.84. The summed E-state index contributed by atoms with van der Waals surface area (Å²) in [6.45, 7) is 1.94. The summed E-state index contributed by atoms with van der Waals surface area (Å²) in [5.74, 6) is 0.383. The highest BCUT2D eigenvalue weighted by molar-refractivity contribution is 5.38. The molecule has 0 radical (unpaired) electrons. The van der Waals surface area contributed by atoms with Gasteiger partial charge in [-0.1, -0.05) is 12.1 Å². The molecular formula is C12H12N4. The van der Waals surface area contributed by atoms with Crippen LogP contribution >= 0.6 is 0 Å². The van der Waals surface area contributed by atoms with Crippen LogP contribution in [0.5, 0.6) is 0 Å². The number of nitrogens with two attached hydrogens (primary N) is 1. The molecule has 0 fully saturated rings. The van der Waals surface area contributed by atoms with Gasteiger partial charge in [-0.25, -0.2) is 4.98 Å². The number of nitriles is 1. The Morgan fingerprint density at radius 2 is 2.06 bits per heavy atom. The Balaban J connectivity index is 2.39. The molecule has 1 unspecified atom stereocenters. The van der Waals surface area contributed by atoms with E-state index < -0.39 is 0 Å². The van der Waals surface area contributed by atoms with E-state index in [1.54, 1.807) is 17.0 Å². The number of nitrogens with zero attached hydrogens (tertiary/aromatic N) is 3. The zero-order valence-corrected chi connectivity index (χ0v) is 8.96. The van der Waals surface area contributed by atoms with E-state index >= 15 is 0 Å². The van der Waals surface area contributed by atoms with Crippen molar-refractivity contribution >= 4 is 0 Å². The molecule has 0 amide bonds. The Labute approximate surface area is 94.0 Å². The second-order valence-corrected chi connectivity index (χ2v) is 3.61.